The molecule has 2 aromatic rings. The maximum atomic E-state index is 13.3. The van der Waals surface area contributed by atoms with Crippen molar-refractivity contribution in [1.82, 2.24) is 4.98 Å². The molecule has 5 heteroatoms. The molecule has 4 nitrogen and oxygen atoms in total. The third-order valence-corrected chi connectivity index (χ3v) is 2.75. The van der Waals surface area contributed by atoms with Crippen LogP contribution in [0.1, 0.15) is 11.7 Å². The number of nitrogens with two attached hydrogens (primary N) is 1. The van der Waals surface area contributed by atoms with E-state index in [-0.39, 0.29) is 12.4 Å². The molecule has 3 rings (SSSR count). The first-order chi connectivity index (χ1) is 8.78. The molecule has 1 aliphatic heterocycles. The van der Waals surface area contributed by atoms with E-state index in [0.717, 1.165) is 5.56 Å². The Bertz CT molecular complexity index is 589. The fourth-order valence-electron chi connectivity index (χ4n) is 1.90. The topological polar surface area (TPSA) is 57.4 Å². The van der Waals surface area contributed by atoms with Crippen LogP contribution in [0, 0.1) is 5.82 Å². The van der Waals surface area contributed by atoms with Gasteiger partial charge in [0.25, 0.3) is 5.88 Å². The lowest BCUT2D eigenvalue weighted by Crippen LogP contribution is -2.18. The zero-order valence-corrected chi connectivity index (χ0v) is 9.47. The molecule has 0 radical (unpaired) electrons. The van der Waals surface area contributed by atoms with Crippen LogP contribution in [0.25, 0.3) is 0 Å². The monoisotopic (exact) mass is 246 g/mol. The van der Waals surface area contributed by atoms with Crippen LogP contribution in [0.15, 0.2) is 36.5 Å². The molecule has 1 aromatic heterocycles. The SMILES string of the molecule is NC[C@@H]1Oc2ncccc2Oc2cc(F)ccc21. The van der Waals surface area contributed by atoms with Gasteiger partial charge in [-0.25, -0.2) is 9.37 Å². The maximum Gasteiger partial charge on any atom is 0.258 e. The molecule has 0 saturated heterocycles. The number of halogens is 1. The van der Waals surface area contributed by atoms with E-state index in [1.165, 1.54) is 12.1 Å². The average molecular weight is 246 g/mol. The van der Waals surface area contributed by atoms with Crippen molar-refractivity contribution in [3.63, 3.8) is 0 Å². The zero-order valence-electron chi connectivity index (χ0n) is 9.47. The van der Waals surface area contributed by atoms with Gasteiger partial charge in [-0.15, -0.1) is 0 Å². The molecular formula is C13H11FN2O2. The summed E-state index contributed by atoms with van der Waals surface area (Å²) in [5.41, 5.74) is 6.40. The van der Waals surface area contributed by atoms with Gasteiger partial charge in [-0.2, -0.15) is 0 Å². The summed E-state index contributed by atoms with van der Waals surface area (Å²) in [6.45, 7) is 0.262. The zero-order chi connectivity index (χ0) is 12.5. The quantitative estimate of drug-likeness (QED) is 0.839. The lowest BCUT2D eigenvalue weighted by Gasteiger charge is -2.14. The predicted molar refractivity (Wildman–Crippen MR) is 63.1 cm³/mol. The fraction of sp³-hybridized carbons (Fsp3) is 0.154. The van der Waals surface area contributed by atoms with Crippen LogP contribution in [-0.4, -0.2) is 11.5 Å². The van der Waals surface area contributed by atoms with E-state index in [1.807, 2.05) is 0 Å². The van der Waals surface area contributed by atoms with Crippen LogP contribution in [0.5, 0.6) is 17.4 Å². The lowest BCUT2D eigenvalue weighted by atomic mass is 10.1. The van der Waals surface area contributed by atoms with Crippen molar-refractivity contribution in [2.75, 3.05) is 6.54 Å². The summed E-state index contributed by atoms with van der Waals surface area (Å²) in [6.07, 6.45) is 1.21. The first kappa shape index (κ1) is 11.0. The molecule has 0 bridgehead atoms. The van der Waals surface area contributed by atoms with Crippen molar-refractivity contribution in [1.29, 1.82) is 0 Å². The lowest BCUT2D eigenvalue weighted by molar-refractivity contribution is 0.207. The molecule has 1 aromatic carbocycles. The van der Waals surface area contributed by atoms with E-state index in [9.17, 15) is 4.39 Å². The summed E-state index contributed by atoms with van der Waals surface area (Å²) in [5.74, 6) is 0.874. The standard InChI is InChI=1S/C13H11FN2O2/c14-8-3-4-9-11(6-8)17-10-2-1-5-16-13(10)18-12(9)7-15/h1-6,12H,7,15H2/t12-/m0/s1. The van der Waals surface area contributed by atoms with E-state index >= 15 is 0 Å². The van der Waals surface area contributed by atoms with Crippen LogP contribution in [0.4, 0.5) is 4.39 Å². The summed E-state index contributed by atoms with van der Waals surface area (Å²) < 4.78 is 24.6. The number of fused-ring (bicyclic) bond motifs is 2. The number of ether oxygens (including phenoxy) is 2. The van der Waals surface area contributed by atoms with E-state index in [2.05, 4.69) is 4.98 Å². The molecule has 1 atom stereocenters. The number of nitrogens with zero attached hydrogens (tertiary/aromatic N) is 1. The normalized spacial score (nSPS) is 16.9. The van der Waals surface area contributed by atoms with Crippen molar-refractivity contribution in [3.05, 3.63) is 47.9 Å². The number of benzene rings is 1. The van der Waals surface area contributed by atoms with Gasteiger partial charge in [-0.1, -0.05) is 0 Å². The first-order valence-electron chi connectivity index (χ1n) is 5.57. The van der Waals surface area contributed by atoms with Gasteiger partial charge in [0.1, 0.15) is 17.7 Å². The van der Waals surface area contributed by atoms with Gasteiger partial charge in [-0.05, 0) is 24.3 Å². The Balaban J connectivity index is 2.14. The van der Waals surface area contributed by atoms with Crippen molar-refractivity contribution >= 4 is 0 Å². The Labute approximate surface area is 103 Å². The Morgan fingerprint density at radius 1 is 1.28 bits per heavy atom. The van der Waals surface area contributed by atoms with E-state index in [1.54, 1.807) is 24.4 Å². The number of rotatable bonds is 1. The summed E-state index contributed by atoms with van der Waals surface area (Å²) in [7, 11) is 0. The second kappa shape index (κ2) is 4.27. The molecule has 0 aliphatic carbocycles. The van der Waals surface area contributed by atoms with Gasteiger partial charge in [0.2, 0.25) is 0 Å². The largest absolute Gasteiger partial charge is 0.465 e. The van der Waals surface area contributed by atoms with E-state index < -0.39 is 6.10 Å². The number of pyridine rings is 1. The number of hydrogen-bond acceptors (Lipinski definition) is 4. The molecule has 0 fully saturated rings. The summed E-state index contributed by atoms with van der Waals surface area (Å²) >= 11 is 0. The fourth-order valence-corrected chi connectivity index (χ4v) is 1.90. The molecule has 0 spiro atoms. The Hall–Kier alpha value is -2.14. The minimum Gasteiger partial charge on any atom is -0.465 e. The molecule has 2 heterocycles. The van der Waals surface area contributed by atoms with Crippen LogP contribution in [-0.2, 0) is 0 Å². The highest BCUT2D eigenvalue weighted by Gasteiger charge is 2.24. The van der Waals surface area contributed by atoms with E-state index in [4.69, 9.17) is 15.2 Å². The van der Waals surface area contributed by atoms with Gasteiger partial charge in [0, 0.05) is 24.4 Å². The minimum absolute atomic E-state index is 0.262. The Morgan fingerprint density at radius 3 is 3.00 bits per heavy atom. The molecule has 18 heavy (non-hydrogen) atoms. The molecule has 0 unspecified atom stereocenters. The highest BCUT2D eigenvalue weighted by atomic mass is 19.1. The van der Waals surface area contributed by atoms with Gasteiger partial charge in [0.05, 0.1) is 0 Å². The molecule has 2 N–H and O–H groups in total. The van der Waals surface area contributed by atoms with Crippen molar-refractivity contribution in [2.45, 2.75) is 6.10 Å². The van der Waals surface area contributed by atoms with Gasteiger partial charge in [0.15, 0.2) is 5.75 Å². The van der Waals surface area contributed by atoms with Crippen molar-refractivity contribution < 1.29 is 13.9 Å². The third-order valence-electron chi connectivity index (χ3n) is 2.75. The van der Waals surface area contributed by atoms with Gasteiger partial charge in [-0.3, -0.25) is 0 Å². The molecule has 0 amide bonds. The Kier molecular flexibility index (Phi) is 2.60. The molecular weight excluding hydrogens is 235 g/mol. The smallest absolute Gasteiger partial charge is 0.258 e. The predicted octanol–water partition coefficient (Wildman–Crippen LogP) is 2.41. The van der Waals surface area contributed by atoms with Gasteiger partial charge < -0.3 is 15.2 Å². The van der Waals surface area contributed by atoms with Crippen molar-refractivity contribution in [3.8, 4) is 17.4 Å². The van der Waals surface area contributed by atoms with Crippen LogP contribution in [0.2, 0.25) is 0 Å². The molecule has 0 saturated carbocycles. The summed E-state index contributed by atoms with van der Waals surface area (Å²) in [5, 5.41) is 0. The highest BCUT2D eigenvalue weighted by Crippen LogP contribution is 2.40. The van der Waals surface area contributed by atoms with E-state index in [0.29, 0.717) is 17.4 Å². The highest BCUT2D eigenvalue weighted by molar-refractivity contribution is 5.45. The average Bonchev–Trinajstić information content (AvgIpc) is 2.53. The number of hydrogen-bond donors (Lipinski definition) is 1. The molecule has 92 valence electrons. The summed E-state index contributed by atoms with van der Waals surface area (Å²) in [6, 6.07) is 7.75. The maximum absolute atomic E-state index is 13.3. The number of aromatic nitrogens is 1. The second-order valence-electron chi connectivity index (χ2n) is 3.93. The van der Waals surface area contributed by atoms with Crippen LogP contribution in [0.3, 0.4) is 0 Å². The summed E-state index contributed by atoms with van der Waals surface area (Å²) in [4.78, 5) is 4.09. The minimum atomic E-state index is -0.392. The van der Waals surface area contributed by atoms with Crippen LogP contribution < -0.4 is 15.2 Å². The molecule has 1 aliphatic rings. The third kappa shape index (κ3) is 1.78. The van der Waals surface area contributed by atoms with Crippen LogP contribution >= 0.6 is 0 Å². The first-order valence-corrected chi connectivity index (χ1v) is 5.57. The second-order valence-corrected chi connectivity index (χ2v) is 3.93. The van der Waals surface area contributed by atoms with Gasteiger partial charge >= 0.3 is 0 Å². The Morgan fingerprint density at radius 2 is 2.17 bits per heavy atom. The van der Waals surface area contributed by atoms with Crippen molar-refractivity contribution in [2.24, 2.45) is 5.73 Å².